The van der Waals surface area contributed by atoms with Gasteiger partial charge in [-0.1, -0.05) is 23.2 Å². The van der Waals surface area contributed by atoms with Gasteiger partial charge in [0.25, 0.3) is 0 Å². The van der Waals surface area contributed by atoms with Crippen LogP contribution in [0.1, 0.15) is 6.92 Å². The molecule has 0 saturated carbocycles. The van der Waals surface area contributed by atoms with Gasteiger partial charge in [0.15, 0.2) is 0 Å². The van der Waals surface area contributed by atoms with E-state index < -0.39 is 0 Å². The number of thiol groups is 1. The van der Waals surface area contributed by atoms with E-state index in [1.165, 1.54) is 4.80 Å². The number of halogens is 2. The maximum absolute atomic E-state index is 6.19. The normalized spacial score (nSPS) is 11.0. The Morgan fingerprint density at radius 2 is 2.10 bits per heavy atom. The van der Waals surface area contributed by atoms with Crippen molar-refractivity contribution in [2.24, 2.45) is 0 Å². The Morgan fingerprint density at radius 1 is 1.29 bits per heavy atom. The second-order valence-corrected chi connectivity index (χ2v) is 5.46. The summed E-state index contributed by atoms with van der Waals surface area (Å²) in [5, 5.41) is 18.1. The van der Waals surface area contributed by atoms with Crippen molar-refractivity contribution in [3.8, 4) is 17.1 Å². The summed E-state index contributed by atoms with van der Waals surface area (Å²) in [4.78, 5) is 1.50. The predicted molar refractivity (Wildman–Crippen MR) is 83.3 cm³/mol. The first-order valence-electron chi connectivity index (χ1n) is 6.10. The molecule has 0 fully saturated rings. The van der Waals surface area contributed by atoms with Gasteiger partial charge in [-0.25, -0.2) is 4.68 Å². The smallest absolute Gasteiger partial charge is 0.209 e. The average molecular weight is 341 g/mol. The Morgan fingerprint density at radius 3 is 2.76 bits per heavy atom. The van der Waals surface area contributed by atoms with E-state index in [1.807, 2.05) is 6.92 Å². The SMILES string of the molecule is CCn1nnc(-c2cnn(-c3ccc(Cl)cc3Cl)c2S)n1. The molecule has 0 spiro atoms. The van der Waals surface area contributed by atoms with Crippen LogP contribution in [0.5, 0.6) is 0 Å². The highest BCUT2D eigenvalue weighted by Crippen LogP contribution is 2.30. The van der Waals surface area contributed by atoms with Gasteiger partial charge >= 0.3 is 0 Å². The minimum atomic E-state index is 0.471. The van der Waals surface area contributed by atoms with Gasteiger partial charge in [0.1, 0.15) is 5.03 Å². The maximum Gasteiger partial charge on any atom is 0.209 e. The first-order chi connectivity index (χ1) is 10.1. The molecule has 3 aromatic rings. The molecule has 2 heterocycles. The highest BCUT2D eigenvalue weighted by Gasteiger charge is 2.16. The molecule has 1 aromatic carbocycles. The number of nitrogens with zero attached hydrogens (tertiary/aromatic N) is 6. The molecule has 2 aromatic heterocycles. The van der Waals surface area contributed by atoms with Crippen LogP contribution in [0.25, 0.3) is 17.1 Å². The van der Waals surface area contributed by atoms with Gasteiger partial charge < -0.3 is 0 Å². The van der Waals surface area contributed by atoms with Crippen LogP contribution in [0.4, 0.5) is 0 Å². The second kappa shape index (κ2) is 5.67. The molecule has 0 N–H and O–H groups in total. The van der Waals surface area contributed by atoms with Gasteiger partial charge in [0.05, 0.1) is 29.0 Å². The lowest BCUT2D eigenvalue weighted by Crippen LogP contribution is -1.99. The molecule has 0 unspecified atom stereocenters. The first-order valence-corrected chi connectivity index (χ1v) is 7.31. The highest BCUT2D eigenvalue weighted by atomic mass is 35.5. The molecule has 0 aliphatic rings. The first kappa shape index (κ1) is 14.4. The average Bonchev–Trinajstić information content (AvgIpc) is 3.06. The number of benzene rings is 1. The molecule has 0 atom stereocenters. The summed E-state index contributed by atoms with van der Waals surface area (Å²) in [7, 11) is 0. The quantitative estimate of drug-likeness (QED) is 0.744. The molecule has 6 nitrogen and oxygen atoms in total. The summed E-state index contributed by atoms with van der Waals surface area (Å²) >= 11 is 16.6. The number of aromatic nitrogens is 6. The molecule has 0 radical (unpaired) electrons. The third kappa shape index (κ3) is 2.64. The zero-order chi connectivity index (χ0) is 15.0. The van der Waals surface area contributed by atoms with Gasteiger partial charge in [-0.3, -0.25) is 0 Å². The summed E-state index contributed by atoms with van der Waals surface area (Å²) in [6.45, 7) is 2.58. The van der Waals surface area contributed by atoms with E-state index in [-0.39, 0.29) is 0 Å². The van der Waals surface area contributed by atoms with E-state index in [0.29, 0.717) is 38.7 Å². The fraction of sp³-hybridized carbons (Fsp3) is 0.167. The van der Waals surface area contributed by atoms with E-state index in [1.54, 1.807) is 29.1 Å². The number of hydrogen-bond acceptors (Lipinski definition) is 5. The van der Waals surface area contributed by atoms with Crippen molar-refractivity contribution in [1.29, 1.82) is 0 Å². The lowest BCUT2D eigenvalue weighted by molar-refractivity contribution is 0.552. The van der Waals surface area contributed by atoms with Crippen LogP contribution in [-0.2, 0) is 6.54 Å². The number of aryl methyl sites for hydroxylation is 1. The lowest BCUT2D eigenvalue weighted by atomic mass is 10.3. The topological polar surface area (TPSA) is 61.4 Å². The largest absolute Gasteiger partial charge is 0.225 e. The molecule has 3 rings (SSSR count). The predicted octanol–water partition coefficient (Wildman–Crippen LogP) is 3.14. The zero-order valence-electron chi connectivity index (χ0n) is 10.9. The van der Waals surface area contributed by atoms with Crippen LogP contribution in [-0.4, -0.2) is 30.0 Å². The Kier molecular flexibility index (Phi) is 3.88. The summed E-state index contributed by atoms with van der Waals surface area (Å²) < 4.78 is 1.60. The van der Waals surface area contributed by atoms with Crippen LogP contribution >= 0.6 is 35.8 Å². The summed E-state index contributed by atoms with van der Waals surface area (Å²) in [6, 6.07) is 5.17. The molecular weight excluding hydrogens is 331 g/mol. The molecule has 0 aliphatic carbocycles. The molecule has 0 bridgehead atoms. The number of rotatable bonds is 3. The van der Waals surface area contributed by atoms with Gasteiger partial charge in [-0.15, -0.1) is 22.8 Å². The fourth-order valence-corrected chi connectivity index (χ4v) is 2.62. The maximum atomic E-state index is 6.19. The molecule has 0 amide bonds. The van der Waals surface area contributed by atoms with Crippen LogP contribution in [0, 0.1) is 0 Å². The van der Waals surface area contributed by atoms with Gasteiger partial charge in [-0.2, -0.15) is 9.90 Å². The Bertz CT molecular complexity index is 797. The molecule has 9 heteroatoms. The van der Waals surface area contributed by atoms with Gasteiger partial charge in [-0.05, 0) is 30.3 Å². The van der Waals surface area contributed by atoms with Crippen molar-refractivity contribution in [3.63, 3.8) is 0 Å². The van der Waals surface area contributed by atoms with Gasteiger partial charge in [0, 0.05) is 5.02 Å². The minimum absolute atomic E-state index is 0.471. The third-order valence-electron chi connectivity index (χ3n) is 2.86. The number of tetrazole rings is 1. The van der Waals surface area contributed by atoms with Crippen LogP contribution in [0.3, 0.4) is 0 Å². The lowest BCUT2D eigenvalue weighted by Gasteiger charge is -2.06. The van der Waals surface area contributed by atoms with Crippen molar-refractivity contribution in [2.45, 2.75) is 18.5 Å². The Labute approximate surface area is 136 Å². The van der Waals surface area contributed by atoms with E-state index in [4.69, 9.17) is 23.2 Å². The van der Waals surface area contributed by atoms with Crippen molar-refractivity contribution in [1.82, 2.24) is 30.0 Å². The van der Waals surface area contributed by atoms with E-state index in [9.17, 15) is 0 Å². The van der Waals surface area contributed by atoms with Crippen molar-refractivity contribution in [2.75, 3.05) is 0 Å². The third-order valence-corrected chi connectivity index (χ3v) is 3.83. The fourth-order valence-electron chi connectivity index (χ4n) is 1.81. The molecule has 0 saturated heterocycles. The summed E-state index contributed by atoms with van der Waals surface area (Å²) in [6.07, 6.45) is 1.63. The van der Waals surface area contributed by atoms with Crippen LogP contribution in [0.15, 0.2) is 29.4 Å². The van der Waals surface area contributed by atoms with E-state index in [0.717, 1.165) is 0 Å². The summed E-state index contributed by atoms with van der Waals surface area (Å²) in [5.41, 5.74) is 1.37. The van der Waals surface area contributed by atoms with Crippen molar-refractivity contribution in [3.05, 3.63) is 34.4 Å². The molecular formula is C12H10Cl2N6S. The molecule has 108 valence electrons. The standard InChI is InChI=1S/C12H10Cl2N6S/c1-2-19-17-11(16-18-19)8-6-15-20(12(8)21)10-4-3-7(13)5-9(10)14/h3-6,21H,2H2,1H3. The molecule has 0 aliphatic heterocycles. The summed E-state index contributed by atoms with van der Waals surface area (Å²) in [5.74, 6) is 0.471. The monoisotopic (exact) mass is 340 g/mol. The minimum Gasteiger partial charge on any atom is -0.225 e. The Balaban J connectivity index is 2.06. The highest BCUT2D eigenvalue weighted by molar-refractivity contribution is 7.80. The van der Waals surface area contributed by atoms with E-state index in [2.05, 4.69) is 33.1 Å². The molecule has 21 heavy (non-hydrogen) atoms. The van der Waals surface area contributed by atoms with E-state index >= 15 is 0 Å². The van der Waals surface area contributed by atoms with Crippen LogP contribution in [0.2, 0.25) is 10.0 Å². The number of hydrogen-bond donors (Lipinski definition) is 1. The van der Waals surface area contributed by atoms with Gasteiger partial charge in [0.2, 0.25) is 5.82 Å². The van der Waals surface area contributed by atoms with Crippen molar-refractivity contribution < 1.29 is 0 Å². The van der Waals surface area contributed by atoms with Crippen molar-refractivity contribution >= 4 is 35.8 Å². The zero-order valence-corrected chi connectivity index (χ0v) is 13.3. The second-order valence-electron chi connectivity index (χ2n) is 4.19. The van der Waals surface area contributed by atoms with Crippen LogP contribution < -0.4 is 0 Å². The Hall–Kier alpha value is -1.57.